The Morgan fingerprint density at radius 2 is 2.21 bits per heavy atom. The van der Waals surface area contributed by atoms with E-state index < -0.39 is 11.0 Å². The minimum atomic E-state index is -0.642. The monoisotopic (exact) mass is 285 g/mol. The minimum Gasteiger partial charge on any atom is -0.323 e. The molecule has 2 atom stereocenters. The van der Waals surface area contributed by atoms with Gasteiger partial charge in [-0.1, -0.05) is 31.9 Å². The smallest absolute Gasteiger partial charge is 0.271 e. The molecular formula is C12H16ClN3O3. The number of nitrogens with zero attached hydrogens (tertiary/aromatic N) is 1. The third kappa shape index (κ3) is 3.90. The number of hydrogen-bond acceptors (Lipinski definition) is 4. The molecule has 0 heterocycles. The maximum absolute atomic E-state index is 11.9. The van der Waals surface area contributed by atoms with E-state index in [9.17, 15) is 14.9 Å². The van der Waals surface area contributed by atoms with Gasteiger partial charge in [0.05, 0.1) is 21.7 Å². The van der Waals surface area contributed by atoms with Gasteiger partial charge in [0.2, 0.25) is 5.91 Å². The molecule has 0 saturated heterocycles. The zero-order chi connectivity index (χ0) is 14.6. The predicted octanol–water partition coefficient (Wildman–Crippen LogP) is 2.56. The summed E-state index contributed by atoms with van der Waals surface area (Å²) in [4.78, 5) is 21.9. The lowest BCUT2D eigenvalue weighted by molar-refractivity contribution is -0.384. The number of carbonyl (C=O) groups excluding carboxylic acids is 1. The van der Waals surface area contributed by atoms with Gasteiger partial charge in [-0.2, -0.15) is 0 Å². The maximum atomic E-state index is 11.9. The lowest BCUT2D eigenvalue weighted by atomic mass is 9.99. The van der Waals surface area contributed by atoms with Crippen molar-refractivity contribution in [2.45, 2.75) is 26.3 Å². The highest BCUT2D eigenvalue weighted by Gasteiger charge is 2.20. The normalized spacial score (nSPS) is 13.7. The summed E-state index contributed by atoms with van der Waals surface area (Å²) in [6, 6.07) is 3.21. The van der Waals surface area contributed by atoms with E-state index in [1.165, 1.54) is 18.2 Å². The first-order valence-corrected chi connectivity index (χ1v) is 6.25. The molecule has 2 unspecified atom stereocenters. The van der Waals surface area contributed by atoms with Gasteiger partial charge in [-0.3, -0.25) is 14.9 Å². The van der Waals surface area contributed by atoms with Crippen LogP contribution in [0.25, 0.3) is 0 Å². The topological polar surface area (TPSA) is 98.3 Å². The Morgan fingerprint density at radius 3 is 2.68 bits per heavy atom. The van der Waals surface area contributed by atoms with Crippen molar-refractivity contribution in [3.63, 3.8) is 0 Å². The van der Waals surface area contributed by atoms with E-state index in [2.05, 4.69) is 5.32 Å². The van der Waals surface area contributed by atoms with Crippen LogP contribution in [0, 0.1) is 16.0 Å². The molecule has 0 aliphatic rings. The Kier molecular flexibility index (Phi) is 5.26. The fourth-order valence-electron chi connectivity index (χ4n) is 1.45. The fourth-order valence-corrected chi connectivity index (χ4v) is 1.67. The molecule has 19 heavy (non-hydrogen) atoms. The van der Waals surface area contributed by atoms with Crippen LogP contribution >= 0.6 is 11.6 Å². The van der Waals surface area contributed by atoms with Crippen LogP contribution in [-0.4, -0.2) is 16.9 Å². The summed E-state index contributed by atoms with van der Waals surface area (Å²) in [6.45, 7) is 3.82. The number of nitrogens with one attached hydrogen (secondary N) is 1. The van der Waals surface area contributed by atoms with Crippen LogP contribution in [0.4, 0.5) is 11.4 Å². The maximum Gasteiger partial charge on any atom is 0.271 e. The molecule has 0 aliphatic carbocycles. The van der Waals surface area contributed by atoms with Gasteiger partial charge in [-0.25, -0.2) is 0 Å². The molecule has 1 amide bonds. The molecule has 0 radical (unpaired) electrons. The largest absolute Gasteiger partial charge is 0.323 e. The van der Waals surface area contributed by atoms with Gasteiger partial charge >= 0.3 is 0 Å². The average Bonchev–Trinajstić information content (AvgIpc) is 2.38. The molecule has 1 aromatic carbocycles. The zero-order valence-corrected chi connectivity index (χ0v) is 11.5. The summed E-state index contributed by atoms with van der Waals surface area (Å²) in [6.07, 6.45) is 0.780. The number of non-ortho nitro benzene ring substituents is 1. The summed E-state index contributed by atoms with van der Waals surface area (Å²) in [7, 11) is 0. The predicted molar refractivity (Wildman–Crippen MR) is 74.2 cm³/mol. The SMILES string of the molecule is CCC(C)C(N)C(=O)Nc1ccc([N+](=O)[O-])cc1Cl. The molecular weight excluding hydrogens is 270 g/mol. The average molecular weight is 286 g/mol. The van der Waals surface area contributed by atoms with Crippen molar-refractivity contribution < 1.29 is 9.72 Å². The van der Waals surface area contributed by atoms with Crippen molar-refractivity contribution in [2.24, 2.45) is 11.7 Å². The summed E-state index contributed by atoms with van der Waals surface area (Å²) in [5.41, 5.74) is 5.97. The van der Waals surface area contributed by atoms with Crippen molar-refractivity contribution in [3.05, 3.63) is 33.3 Å². The molecule has 7 heteroatoms. The third-order valence-electron chi connectivity index (χ3n) is 2.98. The third-order valence-corrected chi connectivity index (χ3v) is 3.29. The zero-order valence-electron chi connectivity index (χ0n) is 10.7. The summed E-state index contributed by atoms with van der Waals surface area (Å²) >= 11 is 5.88. The Balaban J connectivity index is 2.83. The first-order chi connectivity index (χ1) is 8.86. The van der Waals surface area contributed by atoms with E-state index in [0.717, 1.165) is 6.42 Å². The highest BCUT2D eigenvalue weighted by molar-refractivity contribution is 6.34. The van der Waals surface area contributed by atoms with Crippen molar-refractivity contribution in [1.82, 2.24) is 0 Å². The number of carbonyl (C=O) groups is 1. The number of nitrogens with two attached hydrogens (primary N) is 1. The van der Waals surface area contributed by atoms with Gasteiger partial charge in [0, 0.05) is 12.1 Å². The molecule has 6 nitrogen and oxygen atoms in total. The van der Waals surface area contributed by atoms with Gasteiger partial charge in [0.15, 0.2) is 0 Å². The van der Waals surface area contributed by atoms with Crippen LogP contribution in [0.2, 0.25) is 5.02 Å². The quantitative estimate of drug-likeness (QED) is 0.641. The second-order valence-corrected chi connectivity index (χ2v) is 4.73. The molecule has 104 valence electrons. The highest BCUT2D eigenvalue weighted by Crippen LogP contribution is 2.26. The molecule has 0 fully saturated rings. The number of nitro benzene ring substituents is 1. The van der Waals surface area contributed by atoms with Crippen LogP contribution in [0.15, 0.2) is 18.2 Å². The molecule has 0 saturated carbocycles. The molecule has 0 aliphatic heterocycles. The summed E-state index contributed by atoms with van der Waals surface area (Å²) in [5.74, 6) is -0.318. The molecule has 3 N–H and O–H groups in total. The van der Waals surface area contributed by atoms with E-state index in [1.54, 1.807) is 0 Å². The standard InChI is InChI=1S/C12H16ClN3O3/c1-3-7(2)11(14)12(17)15-10-5-4-8(16(18)19)6-9(10)13/h4-7,11H,3,14H2,1-2H3,(H,15,17). The lowest BCUT2D eigenvalue weighted by Gasteiger charge is -2.18. The van der Waals surface area contributed by atoms with Crippen LogP contribution in [-0.2, 0) is 4.79 Å². The summed E-state index contributed by atoms with van der Waals surface area (Å²) in [5, 5.41) is 13.2. The number of rotatable bonds is 5. The van der Waals surface area contributed by atoms with Crippen LogP contribution < -0.4 is 11.1 Å². The number of halogens is 1. The lowest BCUT2D eigenvalue weighted by Crippen LogP contribution is -2.40. The Hall–Kier alpha value is -1.66. The van der Waals surface area contributed by atoms with Crippen molar-refractivity contribution in [1.29, 1.82) is 0 Å². The van der Waals surface area contributed by atoms with E-state index >= 15 is 0 Å². The second-order valence-electron chi connectivity index (χ2n) is 4.32. The number of anilines is 1. The molecule has 0 spiro atoms. The van der Waals surface area contributed by atoms with Gasteiger partial charge in [0.1, 0.15) is 0 Å². The van der Waals surface area contributed by atoms with Gasteiger partial charge in [-0.05, 0) is 12.0 Å². The Bertz CT molecular complexity index is 493. The molecule has 1 rings (SSSR count). The number of amides is 1. The molecule has 1 aromatic rings. The van der Waals surface area contributed by atoms with Gasteiger partial charge < -0.3 is 11.1 Å². The van der Waals surface area contributed by atoms with E-state index in [-0.39, 0.29) is 22.5 Å². The second kappa shape index (κ2) is 6.49. The van der Waals surface area contributed by atoms with Crippen molar-refractivity contribution in [2.75, 3.05) is 5.32 Å². The van der Waals surface area contributed by atoms with Gasteiger partial charge in [-0.15, -0.1) is 0 Å². The van der Waals surface area contributed by atoms with Crippen molar-refractivity contribution in [3.8, 4) is 0 Å². The fraction of sp³-hybridized carbons (Fsp3) is 0.417. The van der Waals surface area contributed by atoms with Crippen LogP contribution in [0.1, 0.15) is 20.3 Å². The Labute approximate surface area is 116 Å². The van der Waals surface area contributed by atoms with Gasteiger partial charge in [0.25, 0.3) is 5.69 Å². The number of hydrogen-bond donors (Lipinski definition) is 2. The minimum absolute atomic E-state index is 0.0387. The van der Waals surface area contributed by atoms with Crippen LogP contribution in [0.5, 0.6) is 0 Å². The van der Waals surface area contributed by atoms with Crippen molar-refractivity contribution >= 4 is 28.9 Å². The molecule has 0 bridgehead atoms. The Morgan fingerprint density at radius 1 is 1.58 bits per heavy atom. The highest BCUT2D eigenvalue weighted by atomic mass is 35.5. The number of nitro groups is 1. The van der Waals surface area contributed by atoms with E-state index in [1.807, 2.05) is 13.8 Å². The van der Waals surface area contributed by atoms with E-state index in [0.29, 0.717) is 5.69 Å². The van der Waals surface area contributed by atoms with E-state index in [4.69, 9.17) is 17.3 Å². The first kappa shape index (κ1) is 15.4. The van der Waals surface area contributed by atoms with Crippen LogP contribution in [0.3, 0.4) is 0 Å². The number of benzene rings is 1. The summed E-state index contributed by atoms with van der Waals surface area (Å²) < 4.78 is 0. The first-order valence-electron chi connectivity index (χ1n) is 5.87. The molecule has 0 aromatic heterocycles.